The smallest absolute Gasteiger partial charge is 0.228 e. The summed E-state index contributed by atoms with van der Waals surface area (Å²) in [5.74, 6) is 0.242. The molecule has 1 amide bonds. The van der Waals surface area contributed by atoms with E-state index in [1.807, 2.05) is 11.4 Å². The molecule has 0 saturated carbocycles. The summed E-state index contributed by atoms with van der Waals surface area (Å²) in [4.78, 5) is 29.7. The van der Waals surface area contributed by atoms with Gasteiger partial charge in [-0.25, -0.2) is 4.98 Å². The molecule has 0 fully saturated rings. The normalized spacial score (nSPS) is 10.6. The zero-order valence-corrected chi connectivity index (χ0v) is 14.8. The molecule has 1 aromatic carbocycles. The number of aromatic nitrogens is 2. The number of anilines is 1. The van der Waals surface area contributed by atoms with E-state index in [1.165, 1.54) is 4.88 Å². The van der Waals surface area contributed by atoms with Gasteiger partial charge in [0.05, 0.1) is 0 Å². The van der Waals surface area contributed by atoms with E-state index in [1.54, 1.807) is 59.6 Å². The summed E-state index contributed by atoms with van der Waals surface area (Å²) in [6.45, 7) is 0. The molecule has 3 rings (SSSR count). The predicted octanol–water partition coefficient (Wildman–Crippen LogP) is 3.67. The van der Waals surface area contributed by atoms with Crippen LogP contribution in [0.1, 0.15) is 33.9 Å². The zero-order valence-electron chi connectivity index (χ0n) is 13.9. The fourth-order valence-electron chi connectivity index (χ4n) is 2.52. The van der Waals surface area contributed by atoms with Crippen molar-refractivity contribution in [3.8, 4) is 0 Å². The van der Waals surface area contributed by atoms with Gasteiger partial charge in [-0.2, -0.15) is 0 Å². The average Bonchev–Trinajstić information content (AvgIpc) is 3.26. The minimum Gasteiger partial charge on any atom is -0.331 e. The Morgan fingerprint density at radius 2 is 2.00 bits per heavy atom. The lowest BCUT2D eigenvalue weighted by Crippen LogP contribution is -2.12. The lowest BCUT2D eigenvalue weighted by molar-refractivity contribution is -0.116. The van der Waals surface area contributed by atoms with Crippen LogP contribution in [0.15, 0.2) is 54.2 Å². The summed E-state index contributed by atoms with van der Waals surface area (Å²) < 4.78 is 1.69. The molecule has 128 valence electrons. The van der Waals surface area contributed by atoms with Gasteiger partial charge in [0.2, 0.25) is 11.7 Å². The lowest BCUT2D eigenvalue weighted by atomic mass is 10.1. The number of carbonyl (C=O) groups is 2. The summed E-state index contributed by atoms with van der Waals surface area (Å²) >= 11 is 1.71. The second-order valence-corrected chi connectivity index (χ2v) is 6.78. The number of carbonyl (C=O) groups excluding carboxylic acids is 2. The maximum atomic E-state index is 12.3. The Morgan fingerprint density at radius 3 is 2.64 bits per heavy atom. The van der Waals surface area contributed by atoms with Gasteiger partial charge < -0.3 is 9.88 Å². The number of thiophene rings is 1. The second kappa shape index (κ2) is 7.90. The van der Waals surface area contributed by atoms with Gasteiger partial charge in [-0.3, -0.25) is 9.59 Å². The van der Waals surface area contributed by atoms with Crippen LogP contribution in [0.5, 0.6) is 0 Å². The van der Waals surface area contributed by atoms with Crippen molar-refractivity contribution in [2.45, 2.75) is 19.3 Å². The van der Waals surface area contributed by atoms with Crippen molar-refractivity contribution in [1.82, 2.24) is 9.55 Å². The fraction of sp³-hybridized carbons (Fsp3) is 0.211. The van der Waals surface area contributed by atoms with Crippen LogP contribution in [0, 0.1) is 0 Å². The SMILES string of the molecule is Cn1ccnc1C(=O)c1ccc(NC(=O)CCCc2cccs2)cc1. The van der Waals surface area contributed by atoms with Gasteiger partial charge in [-0.15, -0.1) is 11.3 Å². The number of amides is 1. The van der Waals surface area contributed by atoms with Gasteiger partial charge >= 0.3 is 0 Å². The number of imidazole rings is 1. The summed E-state index contributed by atoms with van der Waals surface area (Å²) in [6, 6.07) is 11.0. The Balaban J connectivity index is 1.52. The average molecular weight is 353 g/mol. The van der Waals surface area contributed by atoms with Crippen molar-refractivity contribution in [2.75, 3.05) is 5.32 Å². The van der Waals surface area contributed by atoms with E-state index in [9.17, 15) is 9.59 Å². The van der Waals surface area contributed by atoms with Crippen molar-refractivity contribution in [1.29, 1.82) is 0 Å². The van der Waals surface area contributed by atoms with E-state index in [2.05, 4.69) is 16.4 Å². The van der Waals surface area contributed by atoms with Crippen molar-refractivity contribution >= 4 is 28.7 Å². The van der Waals surface area contributed by atoms with Crippen LogP contribution >= 0.6 is 11.3 Å². The number of nitrogens with one attached hydrogen (secondary N) is 1. The van der Waals surface area contributed by atoms with Gasteiger partial charge in [0.15, 0.2) is 5.82 Å². The Hall–Kier alpha value is -2.73. The van der Waals surface area contributed by atoms with Crippen LogP contribution in [0.25, 0.3) is 0 Å². The third-order valence-electron chi connectivity index (χ3n) is 3.86. The molecule has 0 spiro atoms. The molecule has 0 atom stereocenters. The molecular weight excluding hydrogens is 334 g/mol. The number of ketones is 1. The summed E-state index contributed by atoms with van der Waals surface area (Å²) in [7, 11) is 1.78. The van der Waals surface area contributed by atoms with Crippen LogP contribution < -0.4 is 5.32 Å². The van der Waals surface area contributed by atoms with Crippen LogP contribution in [0.4, 0.5) is 5.69 Å². The number of hydrogen-bond donors (Lipinski definition) is 1. The monoisotopic (exact) mass is 353 g/mol. The first-order chi connectivity index (χ1) is 12.1. The van der Waals surface area contributed by atoms with Gasteiger partial charge in [-0.05, 0) is 48.6 Å². The highest BCUT2D eigenvalue weighted by Gasteiger charge is 2.13. The number of rotatable bonds is 7. The van der Waals surface area contributed by atoms with Crippen molar-refractivity contribution in [3.63, 3.8) is 0 Å². The Labute approximate surface area is 150 Å². The minimum atomic E-state index is -0.138. The minimum absolute atomic E-state index is 0.0141. The van der Waals surface area contributed by atoms with E-state index in [0.717, 1.165) is 12.8 Å². The molecule has 0 radical (unpaired) electrons. The molecule has 2 heterocycles. The third-order valence-corrected chi connectivity index (χ3v) is 4.80. The predicted molar refractivity (Wildman–Crippen MR) is 99.0 cm³/mol. The number of nitrogens with zero attached hydrogens (tertiary/aromatic N) is 2. The van der Waals surface area contributed by atoms with Gasteiger partial charge in [0, 0.05) is 42.0 Å². The molecule has 6 heteroatoms. The van der Waals surface area contributed by atoms with Crippen LogP contribution in [-0.2, 0) is 18.3 Å². The molecule has 0 unspecified atom stereocenters. The molecule has 0 aliphatic carbocycles. The summed E-state index contributed by atoms with van der Waals surface area (Å²) in [6.07, 6.45) is 5.55. The van der Waals surface area contributed by atoms with Crippen molar-refractivity contribution in [3.05, 3.63) is 70.4 Å². The maximum Gasteiger partial charge on any atom is 0.228 e. The molecule has 0 aliphatic rings. The Kier molecular flexibility index (Phi) is 5.40. The summed E-state index contributed by atoms with van der Waals surface area (Å²) in [5.41, 5.74) is 1.24. The van der Waals surface area contributed by atoms with E-state index in [4.69, 9.17) is 0 Å². The Morgan fingerprint density at radius 1 is 1.20 bits per heavy atom. The van der Waals surface area contributed by atoms with Crippen LogP contribution in [-0.4, -0.2) is 21.2 Å². The molecule has 1 N–H and O–H groups in total. The number of aryl methyl sites for hydroxylation is 2. The quantitative estimate of drug-likeness (QED) is 0.659. The molecule has 0 bridgehead atoms. The molecule has 0 aliphatic heterocycles. The van der Waals surface area contributed by atoms with Crippen LogP contribution in [0.2, 0.25) is 0 Å². The molecular formula is C19H19N3O2S. The highest BCUT2D eigenvalue weighted by molar-refractivity contribution is 7.09. The highest BCUT2D eigenvalue weighted by Crippen LogP contribution is 2.15. The third kappa shape index (κ3) is 4.42. The molecule has 2 aromatic heterocycles. The summed E-state index contributed by atoms with van der Waals surface area (Å²) in [5, 5.41) is 4.91. The fourth-order valence-corrected chi connectivity index (χ4v) is 3.27. The second-order valence-electron chi connectivity index (χ2n) is 5.75. The van der Waals surface area contributed by atoms with E-state index >= 15 is 0 Å². The number of benzene rings is 1. The first kappa shape index (κ1) is 17.1. The topological polar surface area (TPSA) is 64.0 Å². The van der Waals surface area contributed by atoms with E-state index in [0.29, 0.717) is 23.5 Å². The van der Waals surface area contributed by atoms with Crippen molar-refractivity contribution in [2.24, 2.45) is 7.05 Å². The molecule has 3 aromatic rings. The lowest BCUT2D eigenvalue weighted by Gasteiger charge is -2.06. The van der Waals surface area contributed by atoms with E-state index < -0.39 is 0 Å². The Bertz CT molecular complexity index is 851. The van der Waals surface area contributed by atoms with Gasteiger partial charge in [-0.1, -0.05) is 6.07 Å². The number of hydrogen-bond acceptors (Lipinski definition) is 4. The highest BCUT2D eigenvalue weighted by atomic mass is 32.1. The van der Waals surface area contributed by atoms with Crippen LogP contribution in [0.3, 0.4) is 0 Å². The molecule has 0 saturated heterocycles. The molecule has 25 heavy (non-hydrogen) atoms. The first-order valence-corrected chi connectivity index (χ1v) is 8.96. The van der Waals surface area contributed by atoms with Crippen molar-refractivity contribution < 1.29 is 9.59 Å². The first-order valence-electron chi connectivity index (χ1n) is 8.08. The molecule has 5 nitrogen and oxygen atoms in total. The van der Waals surface area contributed by atoms with Gasteiger partial charge in [0.1, 0.15) is 0 Å². The van der Waals surface area contributed by atoms with Gasteiger partial charge in [0.25, 0.3) is 0 Å². The largest absolute Gasteiger partial charge is 0.331 e. The zero-order chi connectivity index (χ0) is 17.6. The standard InChI is InChI=1S/C19H19N3O2S/c1-22-12-11-20-19(22)18(24)14-7-9-15(10-8-14)21-17(23)6-2-4-16-5-3-13-25-16/h3,5,7-13H,2,4,6H2,1H3,(H,21,23). The maximum absolute atomic E-state index is 12.3. The van der Waals surface area contributed by atoms with E-state index in [-0.39, 0.29) is 11.7 Å².